The van der Waals surface area contributed by atoms with Gasteiger partial charge in [-0.2, -0.15) is 8.42 Å². The van der Waals surface area contributed by atoms with E-state index in [1.54, 1.807) is 6.07 Å². The maximum absolute atomic E-state index is 10.3. The van der Waals surface area contributed by atoms with Crippen LogP contribution in [-0.4, -0.2) is 37.9 Å². The number of aromatic amines is 2. The Bertz CT molecular complexity index is 1600. The van der Waals surface area contributed by atoms with Gasteiger partial charge < -0.3 is 9.97 Å². The molecule has 0 saturated heterocycles. The van der Waals surface area contributed by atoms with Crippen molar-refractivity contribution < 1.29 is 32.4 Å². The monoisotopic (exact) mass is 533 g/mol. The smallest absolute Gasteiger partial charge is 0.312 e. The first-order valence-electron chi connectivity index (χ1n) is 10.3. The van der Waals surface area contributed by atoms with Crippen LogP contribution in [0.1, 0.15) is 22.8 Å². The van der Waals surface area contributed by atoms with Crippen LogP contribution < -0.4 is 0 Å². The number of H-pyrrole nitrogens is 2. The zero-order valence-electron chi connectivity index (χ0n) is 18.5. The van der Waals surface area contributed by atoms with Crippen LogP contribution in [0.4, 0.5) is 0 Å². The Labute approximate surface area is 214 Å². The molecule has 2 aliphatic heterocycles. The molecule has 35 heavy (non-hydrogen) atoms. The fourth-order valence-corrected chi connectivity index (χ4v) is 3.89. The Balaban J connectivity index is 0.000000224. The molecule has 6 rings (SSSR count). The molecule has 3 N–H and O–H groups in total. The summed E-state index contributed by atoms with van der Waals surface area (Å²) in [6.07, 6.45) is 9.34. The van der Waals surface area contributed by atoms with Gasteiger partial charge in [-0.15, -0.1) is 0 Å². The van der Waals surface area contributed by atoms with E-state index in [4.69, 9.17) is 4.55 Å². The van der Waals surface area contributed by atoms with Crippen molar-refractivity contribution in [1.29, 1.82) is 0 Å². The van der Waals surface area contributed by atoms with Crippen molar-refractivity contribution in [3.8, 4) is 0 Å². The maximum Gasteiger partial charge on any atom is 0.312 e. The number of nitrogens with one attached hydrogen (secondary N) is 2. The standard InChI is InChI=1S/C20H14N4.C5H5NO3S.Zn/c1-2-14-10-16-5-6-18(23-16)12-20-8-7-19(24-20)11-17-4-3-15(22-17)9-13(1)21-14;7-10(8,9)5-3-1-2-4-6-5;/h1-12,21-22H;1-4H,(H,7,8,9);. The van der Waals surface area contributed by atoms with Crippen molar-refractivity contribution in [1.82, 2.24) is 24.9 Å². The second kappa shape index (κ2) is 10.3. The molecule has 0 atom stereocenters. The molecule has 0 aromatic carbocycles. The first-order valence-corrected chi connectivity index (χ1v) is 11.8. The van der Waals surface area contributed by atoms with Gasteiger partial charge in [-0.05, 0) is 85.0 Å². The van der Waals surface area contributed by atoms with E-state index in [0.717, 1.165) is 44.8 Å². The summed E-state index contributed by atoms with van der Waals surface area (Å²) in [4.78, 5) is 19.4. The van der Waals surface area contributed by atoms with E-state index in [-0.39, 0.29) is 24.5 Å². The molecule has 0 fully saturated rings. The van der Waals surface area contributed by atoms with Gasteiger partial charge in [0.05, 0.1) is 22.8 Å². The molecule has 2 aliphatic rings. The molecule has 4 aromatic rings. The van der Waals surface area contributed by atoms with Crippen LogP contribution in [0.25, 0.3) is 46.4 Å². The molecule has 0 spiro atoms. The van der Waals surface area contributed by atoms with E-state index < -0.39 is 10.1 Å². The molecule has 170 valence electrons. The van der Waals surface area contributed by atoms with Crippen LogP contribution >= 0.6 is 0 Å². The van der Waals surface area contributed by atoms with Gasteiger partial charge >= 0.3 is 10.1 Å². The Hall–Kier alpha value is -3.72. The van der Waals surface area contributed by atoms with E-state index in [9.17, 15) is 8.42 Å². The largest absolute Gasteiger partial charge is 0.355 e. The van der Waals surface area contributed by atoms with E-state index in [1.807, 2.05) is 42.5 Å². The van der Waals surface area contributed by atoms with Crippen LogP contribution in [0.5, 0.6) is 0 Å². The van der Waals surface area contributed by atoms with Crippen LogP contribution in [0, 0.1) is 0 Å². The molecule has 0 saturated carbocycles. The van der Waals surface area contributed by atoms with Gasteiger partial charge in [0.1, 0.15) is 0 Å². The Morgan fingerprint density at radius 2 is 1.09 bits per heavy atom. The number of hydrogen-bond donors (Lipinski definition) is 3. The fourth-order valence-electron chi connectivity index (χ4n) is 3.44. The average molecular weight is 535 g/mol. The first-order chi connectivity index (χ1) is 16.4. The first kappa shape index (κ1) is 24.4. The van der Waals surface area contributed by atoms with Gasteiger partial charge in [-0.25, -0.2) is 15.0 Å². The second-order valence-electron chi connectivity index (χ2n) is 7.55. The normalized spacial score (nSPS) is 11.9. The van der Waals surface area contributed by atoms with Crippen molar-refractivity contribution in [3.05, 3.63) is 95.7 Å². The van der Waals surface area contributed by atoms with Crippen molar-refractivity contribution in [2.24, 2.45) is 0 Å². The third-order valence-corrected chi connectivity index (χ3v) is 5.71. The number of rotatable bonds is 1. The third kappa shape index (κ3) is 6.24. The molecule has 0 unspecified atom stereocenters. The van der Waals surface area contributed by atoms with Crippen LogP contribution in [0.15, 0.2) is 78.0 Å². The van der Waals surface area contributed by atoms with Crippen molar-refractivity contribution in [2.75, 3.05) is 0 Å². The molecule has 4 aromatic heterocycles. The average Bonchev–Trinajstić information content (AvgIpc) is 3.60. The van der Waals surface area contributed by atoms with Crippen LogP contribution in [0.2, 0.25) is 0 Å². The maximum atomic E-state index is 10.3. The third-order valence-electron chi connectivity index (χ3n) is 4.94. The number of hydrogen-bond acceptors (Lipinski definition) is 5. The number of pyridine rings is 1. The molecular weight excluding hydrogens is 516 g/mol. The Kier molecular flexibility index (Phi) is 7.16. The van der Waals surface area contributed by atoms with Crippen molar-refractivity contribution >= 4 is 56.5 Å². The zero-order valence-corrected chi connectivity index (χ0v) is 22.2. The Morgan fingerprint density at radius 3 is 1.49 bits per heavy atom. The number of aromatic nitrogens is 5. The molecule has 0 amide bonds. The molecule has 6 heterocycles. The summed E-state index contributed by atoms with van der Waals surface area (Å²) >= 11 is 0. The summed E-state index contributed by atoms with van der Waals surface area (Å²) in [7, 11) is -4.11. The number of fused-ring (bicyclic) bond motifs is 8. The van der Waals surface area contributed by atoms with Crippen molar-refractivity contribution in [3.63, 3.8) is 0 Å². The summed E-state index contributed by atoms with van der Waals surface area (Å²) in [5.74, 6) is 0. The van der Waals surface area contributed by atoms with Gasteiger partial charge in [0.2, 0.25) is 0 Å². The minimum Gasteiger partial charge on any atom is -0.355 e. The van der Waals surface area contributed by atoms with Gasteiger partial charge in [0, 0.05) is 47.7 Å². The summed E-state index contributed by atoms with van der Waals surface area (Å²) in [5.41, 5.74) is 7.86. The minimum atomic E-state index is -4.11. The fraction of sp³-hybridized carbons (Fsp3) is 0. The Morgan fingerprint density at radius 1 is 0.629 bits per heavy atom. The summed E-state index contributed by atoms with van der Waals surface area (Å²) < 4.78 is 29.1. The minimum absolute atomic E-state index is 0. The predicted octanol–water partition coefficient (Wildman–Crippen LogP) is 4.98. The molecule has 8 bridgehead atoms. The molecular formula is C25H19N5O3SZn. The van der Waals surface area contributed by atoms with Gasteiger partial charge in [0.15, 0.2) is 5.03 Å². The molecule has 8 nitrogen and oxygen atoms in total. The molecule has 0 radical (unpaired) electrons. The topological polar surface area (TPSA) is 125 Å². The number of nitrogens with zero attached hydrogens (tertiary/aromatic N) is 3. The van der Waals surface area contributed by atoms with E-state index in [1.165, 1.54) is 18.3 Å². The summed E-state index contributed by atoms with van der Waals surface area (Å²) in [5, 5.41) is -0.324. The van der Waals surface area contributed by atoms with E-state index >= 15 is 0 Å². The van der Waals surface area contributed by atoms with Crippen molar-refractivity contribution in [2.45, 2.75) is 5.03 Å². The van der Waals surface area contributed by atoms with Gasteiger partial charge in [-0.3, -0.25) is 4.55 Å². The van der Waals surface area contributed by atoms with Crippen LogP contribution in [-0.2, 0) is 29.6 Å². The van der Waals surface area contributed by atoms with Crippen LogP contribution in [0.3, 0.4) is 0 Å². The molecule has 10 heteroatoms. The summed E-state index contributed by atoms with van der Waals surface area (Å²) in [6, 6.07) is 20.7. The molecule has 0 aliphatic carbocycles. The predicted molar refractivity (Wildman–Crippen MR) is 133 cm³/mol. The SMILES string of the molecule is C1=Cc2cc3ccc(cc4ccc(cc5nc(cc1n2)C=C5)[nH]4)[nH]3.O=S(=O)(O)c1ccccn1.[Zn]. The van der Waals surface area contributed by atoms with E-state index in [2.05, 4.69) is 55.3 Å². The quantitative estimate of drug-likeness (QED) is 0.202. The van der Waals surface area contributed by atoms with Gasteiger partial charge in [0.25, 0.3) is 0 Å². The summed E-state index contributed by atoms with van der Waals surface area (Å²) in [6.45, 7) is 0. The zero-order chi connectivity index (χ0) is 23.5. The van der Waals surface area contributed by atoms with E-state index in [0.29, 0.717) is 0 Å². The van der Waals surface area contributed by atoms with Gasteiger partial charge in [-0.1, -0.05) is 6.07 Å². The second-order valence-corrected chi connectivity index (χ2v) is 8.92.